The fourth-order valence-electron chi connectivity index (χ4n) is 1.05. The van der Waals surface area contributed by atoms with Crippen molar-refractivity contribution in [3.63, 3.8) is 0 Å². The number of carbonyl (C=O) groups excluding carboxylic acids is 1. The van der Waals surface area contributed by atoms with Crippen molar-refractivity contribution in [1.29, 1.82) is 0 Å². The van der Waals surface area contributed by atoms with Gasteiger partial charge in [0.05, 0.1) is 0 Å². The quantitative estimate of drug-likeness (QED) is 0.610. The molecule has 11 heavy (non-hydrogen) atoms. The lowest BCUT2D eigenvalue weighted by atomic mass is 9.96. The van der Waals surface area contributed by atoms with Crippen LogP contribution >= 0.6 is 0 Å². The minimum absolute atomic E-state index is 0.116. The summed E-state index contributed by atoms with van der Waals surface area (Å²) in [6, 6.07) is 0. The average molecular weight is 160 g/mol. The molecule has 0 aromatic heterocycles. The molecule has 0 spiro atoms. The van der Waals surface area contributed by atoms with E-state index in [1.54, 1.807) is 0 Å². The van der Waals surface area contributed by atoms with E-state index < -0.39 is 6.10 Å². The fraction of sp³-hybridized carbons (Fsp3) is 0.875. The van der Waals surface area contributed by atoms with E-state index in [4.69, 9.17) is 5.11 Å². The van der Waals surface area contributed by atoms with Gasteiger partial charge in [0.2, 0.25) is 0 Å². The van der Waals surface area contributed by atoms with Crippen molar-refractivity contribution in [2.75, 3.05) is 6.61 Å². The first-order chi connectivity index (χ1) is 5.13. The smallest absolute Gasteiger partial charge is 0.158 e. The molecular weight excluding hydrogens is 144 g/mol. The molecule has 2 atom stereocenters. The largest absolute Gasteiger partial charge is 0.396 e. The summed E-state index contributed by atoms with van der Waals surface area (Å²) in [7, 11) is 0. The van der Waals surface area contributed by atoms with E-state index in [9.17, 15) is 9.90 Å². The van der Waals surface area contributed by atoms with Crippen LogP contribution in [0.25, 0.3) is 0 Å². The Bertz CT molecular complexity index is 123. The number of hydrogen-bond acceptors (Lipinski definition) is 3. The van der Waals surface area contributed by atoms with Gasteiger partial charge < -0.3 is 10.2 Å². The Hall–Kier alpha value is -0.410. The van der Waals surface area contributed by atoms with E-state index in [0.29, 0.717) is 6.42 Å². The van der Waals surface area contributed by atoms with Gasteiger partial charge in [0.15, 0.2) is 5.78 Å². The Morgan fingerprint density at radius 2 is 2.09 bits per heavy atom. The standard InChI is InChI=1S/C8H16O3/c1-3-4-7(5-9)8(11)6(2)10/h7-9,11H,3-5H2,1-2H3/t7-,8+/m1/s1. The van der Waals surface area contributed by atoms with Gasteiger partial charge in [0.1, 0.15) is 6.10 Å². The summed E-state index contributed by atoms with van der Waals surface area (Å²) >= 11 is 0. The SMILES string of the molecule is CCC[C@H](CO)[C@@H](O)C(C)=O. The zero-order valence-corrected chi connectivity index (χ0v) is 7.08. The zero-order valence-electron chi connectivity index (χ0n) is 7.08. The van der Waals surface area contributed by atoms with Crippen LogP contribution in [0, 0.1) is 5.92 Å². The van der Waals surface area contributed by atoms with Gasteiger partial charge in [-0.15, -0.1) is 0 Å². The molecule has 3 nitrogen and oxygen atoms in total. The molecule has 0 aliphatic rings. The van der Waals surface area contributed by atoms with Crippen LogP contribution in [0.2, 0.25) is 0 Å². The Morgan fingerprint density at radius 3 is 2.36 bits per heavy atom. The third kappa shape index (κ3) is 3.49. The second-order valence-corrected chi connectivity index (χ2v) is 2.79. The van der Waals surface area contributed by atoms with E-state index in [-0.39, 0.29) is 18.3 Å². The molecule has 2 N–H and O–H groups in total. The molecule has 0 rings (SSSR count). The second-order valence-electron chi connectivity index (χ2n) is 2.79. The van der Waals surface area contributed by atoms with Crippen LogP contribution in [-0.4, -0.2) is 28.7 Å². The maximum atomic E-state index is 10.7. The van der Waals surface area contributed by atoms with Crippen LogP contribution in [0.15, 0.2) is 0 Å². The minimum Gasteiger partial charge on any atom is -0.396 e. The van der Waals surface area contributed by atoms with Gasteiger partial charge >= 0.3 is 0 Å². The molecule has 0 heterocycles. The lowest BCUT2D eigenvalue weighted by molar-refractivity contribution is -0.128. The summed E-state index contributed by atoms with van der Waals surface area (Å²) in [4.78, 5) is 10.7. The van der Waals surface area contributed by atoms with Crippen LogP contribution in [0.3, 0.4) is 0 Å². The third-order valence-corrected chi connectivity index (χ3v) is 1.76. The zero-order chi connectivity index (χ0) is 8.85. The summed E-state index contributed by atoms with van der Waals surface area (Å²) in [6.45, 7) is 3.17. The number of aliphatic hydroxyl groups excluding tert-OH is 2. The highest BCUT2D eigenvalue weighted by Crippen LogP contribution is 2.11. The maximum absolute atomic E-state index is 10.7. The van der Waals surface area contributed by atoms with Gasteiger partial charge in [0, 0.05) is 12.5 Å². The summed E-state index contributed by atoms with van der Waals surface area (Å²) in [5, 5.41) is 18.0. The topological polar surface area (TPSA) is 57.5 Å². The summed E-state index contributed by atoms with van der Waals surface area (Å²) < 4.78 is 0. The monoisotopic (exact) mass is 160 g/mol. The summed E-state index contributed by atoms with van der Waals surface area (Å²) in [5.74, 6) is -0.546. The first-order valence-electron chi connectivity index (χ1n) is 3.92. The average Bonchev–Trinajstić information content (AvgIpc) is 1.98. The van der Waals surface area contributed by atoms with E-state index >= 15 is 0 Å². The van der Waals surface area contributed by atoms with Crippen molar-refractivity contribution < 1.29 is 15.0 Å². The highest BCUT2D eigenvalue weighted by Gasteiger charge is 2.20. The van der Waals surface area contributed by atoms with Crippen molar-refractivity contribution in [2.45, 2.75) is 32.8 Å². The highest BCUT2D eigenvalue weighted by atomic mass is 16.3. The van der Waals surface area contributed by atoms with Crippen molar-refractivity contribution in [3.8, 4) is 0 Å². The van der Waals surface area contributed by atoms with Gasteiger partial charge in [-0.25, -0.2) is 0 Å². The van der Waals surface area contributed by atoms with Crippen LogP contribution < -0.4 is 0 Å². The molecule has 0 aliphatic carbocycles. The Morgan fingerprint density at radius 1 is 1.55 bits per heavy atom. The maximum Gasteiger partial charge on any atom is 0.158 e. The number of carbonyl (C=O) groups is 1. The van der Waals surface area contributed by atoms with Gasteiger partial charge in [-0.05, 0) is 13.3 Å². The lowest BCUT2D eigenvalue weighted by Crippen LogP contribution is -2.29. The molecule has 0 radical (unpaired) electrons. The van der Waals surface area contributed by atoms with Crippen molar-refractivity contribution in [1.82, 2.24) is 0 Å². The third-order valence-electron chi connectivity index (χ3n) is 1.76. The molecule has 0 bridgehead atoms. The normalized spacial score (nSPS) is 16.0. The Kier molecular flexibility index (Phi) is 5.07. The summed E-state index contributed by atoms with van der Waals surface area (Å²) in [5.41, 5.74) is 0. The molecule has 0 fully saturated rings. The predicted octanol–water partition coefficient (Wildman–Crippen LogP) is 0.345. The molecule has 3 heteroatoms. The van der Waals surface area contributed by atoms with Crippen LogP contribution in [0.4, 0.5) is 0 Å². The molecular formula is C8H16O3. The predicted molar refractivity (Wildman–Crippen MR) is 42.2 cm³/mol. The van der Waals surface area contributed by atoms with Gasteiger partial charge in [-0.1, -0.05) is 13.3 Å². The Labute approximate surface area is 67.0 Å². The second kappa shape index (κ2) is 5.27. The number of rotatable bonds is 5. The van der Waals surface area contributed by atoms with Crippen LogP contribution in [0.5, 0.6) is 0 Å². The fourth-order valence-corrected chi connectivity index (χ4v) is 1.05. The van der Waals surface area contributed by atoms with E-state index in [1.165, 1.54) is 6.92 Å². The van der Waals surface area contributed by atoms with Crippen LogP contribution in [0.1, 0.15) is 26.7 Å². The van der Waals surface area contributed by atoms with Crippen molar-refractivity contribution in [3.05, 3.63) is 0 Å². The van der Waals surface area contributed by atoms with Crippen LogP contribution in [-0.2, 0) is 4.79 Å². The van der Waals surface area contributed by atoms with Gasteiger partial charge in [-0.2, -0.15) is 0 Å². The first kappa shape index (κ1) is 10.6. The molecule has 0 aromatic rings. The number of aliphatic hydroxyl groups is 2. The highest BCUT2D eigenvalue weighted by molar-refractivity contribution is 5.80. The van der Waals surface area contributed by atoms with Gasteiger partial charge in [-0.3, -0.25) is 4.79 Å². The number of Topliss-reactive ketones (excluding diaryl/α,β-unsaturated/α-hetero) is 1. The van der Waals surface area contributed by atoms with E-state index in [1.807, 2.05) is 6.92 Å². The van der Waals surface area contributed by atoms with Crippen molar-refractivity contribution >= 4 is 5.78 Å². The van der Waals surface area contributed by atoms with E-state index in [2.05, 4.69) is 0 Å². The van der Waals surface area contributed by atoms with E-state index in [0.717, 1.165) is 6.42 Å². The molecule has 0 aromatic carbocycles. The van der Waals surface area contributed by atoms with Crippen molar-refractivity contribution in [2.24, 2.45) is 5.92 Å². The molecule has 0 unspecified atom stereocenters. The molecule has 0 saturated heterocycles. The van der Waals surface area contributed by atoms with Gasteiger partial charge in [0.25, 0.3) is 0 Å². The molecule has 0 saturated carbocycles. The summed E-state index contributed by atoms with van der Waals surface area (Å²) in [6.07, 6.45) is 0.576. The number of ketones is 1. The minimum atomic E-state index is -0.986. The molecule has 0 amide bonds. The Balaban J connectivity index is 3.91. The molecule has 66 valence electrons. The number of hydrogen-bond donors (Lipinski definition) is 2. The molecule has 0 aliphatic heterocycles. The first-order valence-corrected chi connectivity index (χ1v) is 3.92. The lowest BCUT2D eigenvalue weighted by Gasteiger charge is -2.17.